The normalized spacial score (nSPS) is 18.0. The SMILES string of the molecule is Cc1cc(OCC(=O)NC2(CO)CCOCC2)no1. The fraction of sp³-hybridized carbons (Fsp3) is 0.667. The van der Waals surface area contributed by atoms with Crippen molar-refractivity contribution in [3.8, 4) is 5.88 Å². The van der Waals surface area contributed by atoms with Gasteiger partial charge in [0.05, 0.1) is 12.1 Å². The minimum Gasteiger partial charge on any atom is -0.465 e. The Kier molecular flexibility index (Phi) is 4.39. The summed E-state index contributed by atoms with van der Waals surface area (Å²) in [5.41, 5.74) is -0.599. The second-order valence-corrected chi connectivity index (χ2v) is 4.66. The molecule has 7 nitrogen and oxygen atoms in total. The van der Waals surface area contributed by atoms with Crippen molar-refractivity contribution in [2.45, 2.75) is 25.3 Å². The molecule has 0 saturated carbocycles. The van der Waals surface area contributed by atoms with Gasteiger partial charge in [-0.15, -0.1) is 0 Å². The Labute approximate surface area is 110 Å². The largest absolute Gasteiger partial charge is 0.465 e. The molecule has 0 aromatic carbocycles. The van der Waals surface area contributed by atoms with E-state index in [2.05, 4.69) is 10.5 Å². The summed E-state index contributed by atoms with van der Waals surface area (Å²) in [4.78, 5) is 11.8. The zero-order chi connectivity index (χ0) is 13.7. The quantitative estimate of drug-likeness (QED) is 0.783. The number of carbonyl (C=O) groups excluding carboxylic acids is 1. The molecule has 1 amide bonds. The third-order valence-corrected chi connectivity index (χ3v) is 3.11. The molecule has 1 aliphatic rings. The summed E-state index contributed by atoms with van der Waals surface area (Å²) in [7, 11) is 0. The number of hydrogen-bond donors (Lipinski definition) is 2. The highest BCUT2D eigenvalue weighted by Gasteiger charge is 2.33. The molecule has 1 aliphatic heterocycles. The van der Waals surface area contributed by atoms with Crippen LogP contribution < -0.4 is 10.1 Å². The van der Waals surface area contributed by atoms with Crippen LogP contribution in [0.15, 0.2) is 10.6 Å². The van der Waals surface area contributed by atoms with Crippen LogP contribution in [0.3, 0.4) is 0 Å². The van der Waals surface area contributed by atoms with Crippen LogP contribution in [-0.2, 0) is 9.53 Å². The predicted octanol–water partition coefficient (Wildman–Crippen LogP) is 0.0195. The minimum absolute atomic E-state index is 0.106. The Balaban J connectivity index is 1.82. The first-order valence-electron chi connectivity index (χ1n) is 6.19. The molecule has 1 aromatic heterocycles. The van der Waals surface area contributed by atoms with Gasteiger partial charge >= 0.3 is 0 Å². The molecule has 19 heavy (non-hydrogen) atoms. The Hall–Kier alpha value is -1.60. The molecule has 0 atom stereocenters. The number of aliphatic hydroxyl groups is 1. The predicted molar refractivity (Wildman–Crippen MR) is 64.7 cm³/mol. The van der Waals surface area contributed by atoms with Crippen molar-refractivity contribution in [2.75, 3.05) is 26.4 Å². The van der Waals surface area contributed by atoms with Gasteiger partial charge in [0, 0.05) is 19.3 Å². The van der Waals surface area contributed by atoms with E-state index in [1.54, 1.807) is 13.0 Å². The Morgan fingerprint density at radius 1 is 1.58 bits per heavy atom. The van der Waals surface area contributed by atoms with Crippen LogP contribution in [0.4, 0.5) is 0 Å². The van der Waals surface area contributed by atoms with Gasteiger partial charge in [0.2, 0.25) is 0 Å². The number of amides is 1. The molecule has 0 aliphatic carbocycles. The zero-order valence-corrected chi connectivity index (χ0v) is 10.8. The number of carbonyl (C=O) groups is 1. The topological polar surface area (TPSA) is 93.8 Å². The van der Waals surface area contributed by atoms with Crippen LogP contribution in [0.5, 0.6) is 5.88 Å². The molecule has 0 unspecified atom stereocenters. The van der Waals surface area contributed by atoms with Gasteiger partial charge in [0.25, 0.3) is 11.8 Å². The van der Waals surface area contributed by atoms with Crippen LogP contribution >= 0.6 is 0 Å². The maximum absolute atomic E-state index is 11.8. The third kappa shape index (κ3) is 3.68. The number of ether oxygens (including phenoxy) is 2. The summed E-state index contributed by atoms with van der Waals surface area (Å²) in [6, 6.07) is 1.60. The number of aliphatic hydroxyl groups excluding tert-OH is 1. The summed E-state index contributed by atoms with van der Waals surface area (Å²) >= 11 is 0. The van der Waals surface area contributed by atoms with E-state index in [-0.39, 0.29) is 25.0 Å². The number of nitrogens with zero attached hydrogens (tertiary/aromatic N) is 1. The molecular weight excluding hydrogens is 252 g/mol. The summed E-state index contributed by atoms with van der Waals surface area (Å²) in [6.07, 6.45) is 1.19. The zero-order valence-electron chi connectivity index (χ0n) is 10.8. The molecule has 0 bridgehead atoms. The molecule has 2 N–H and O–H groups in total. The Bertz CT molecular complexity index is 426. The number of hydrogen-bond acceptors (Lipinski definition) is 6. The highest BCUT2D eigenvalue weighted by atomic mass is 16.5. The standard InChI is InChI=1S/C12H18N2O5/c1-9-6-11(14-19-9)18-7-10(16)13-12(8-15)2-4-17-5-3-12/h6,15H,2-5,7-8H2,1H3,(H,13,16). The van der Waals surface area contributed by atoms with Crippen molar-refractivity contribution < 1.29 is 23.9 Å². The maximum Gasteiger partial charge on any atom is 0.258 e. The van der Waals surface area contributed by atoms with E-state index in [0.29, 0.717) is 31.8 Å². The highest BCUT2D eigenvalue weighted by molar-refractivity contribution is 5.78. The second kappa shape index (κ2) is 6.03. The number of rotatable bonds is 5. The van der Waals surface area contributed by atoms with Gasteiger partial charge in [-0.05, 0) is 24.9 Å². The molecule has 0 radical (unpaired) electrons. The van der Waals surface area contributed by atoms with Crippen LogP contribution in [0.1, 0.15) is 18.6 Å². The molecular formula is C12H18N2O5. The van der Waals surface area contributed by atoms with E-state index in [1.165, 1.54) is 0 Å². The number of aromatic nitrogens is 1. The summed E-state index contributed by atoms with van der Waals surface area (Å²) in [6.45, 7) is 2.54. The van der Waals surface area contributed by atoms with Crippen LogP contribution in [-0.4, -0.2) is 48.1 Å². The smallest absolute Gasteiger partial charge is 0.258 e. The fourth-order valence-corrected chi connectivity index (χ4v) is 1.97. The average molecular weight is 270 g/mol. The molecule has 1 fully saturated rings. The van der Waals surface area contributed by atoms with Gasteiger partial charge in [0.15, 0.2) is 6.61 Å². The van der Waals surface area contributed by atoms with Crippen LogP contribution in [0, 0.1) is 6.92 Å². The summed E-state index contributed by atoms with van der Waals surface area (Å²) in [5, 5.41) is 15.9. The van der Waals surface area contributed by atoms with E-state index in [1.807, 2.05) is 0 Å². The van der Waals surface area contributed by atoms with Crippen molar-refractivity contribution in [1.82, 2.24) is 10.5 Å². The molecule has 0 spiro atoms. The van der Waals surface area contributed by atoms with Gasteiger partial charge in [-0.1, -0.05) is 0 Å². The molecule has 1 aromatic rings. The lowest BCUT2D eigenvalue weighted by atomic mass is 9.91. The second-order valence-electron chi connectivity index (χ2n) is 4.66. The van der Waals surface area contributed by atoms with Crippen LogP contribution in [0.25, 0.3) is 0 Å². The Morgan fingerprint density at radius 3 is 2.89 bits per heavy atom. The number of nitrogens with one attached hydrogen (secondary N) is 1. The summed E-state index contributed by atoms with van der Waals surface area (Å²) in [5.74, 6) is 0.598. The maximum atomic E-state index is 11.8. The van der Waals surface area contributed by atoms with E-state index in [0.717, 1.165) is 0 Å². The van der Waals surface area contributed by atoms with E-state index < -0.39 is 5.54 Å². The third-order valence-electron chi connectivity index (χ3n) is 3.11. The van der Waals surface area contributed by atoms with Crippen molar-refractivity contribution in [2.24, 2.45) is 0 Å². The first-order valence-corrected chi connectivity index (χ1v) is 6.19. The molecule has 7 heteroatoms. The first kappa shape index (κ1) is 13.8. The highest BCUT2D eigenvalue weighted by Crippen LogP contribution is 2.20. The first-order chi connectivity index (χ1) is 9.13. The lowest BCUT2D eigenvalue weighted by Crippen LogP contribution is -2.55. The van der Waals surface area contributed by atoms with Crippen molar-refractivity contribution in [3.63, 3.8) is 0 Å². The lowest BCUT2D eigenvalue weighted by Gasteiger charge is -2.36. The minimum atomic E-state index is -0.599. The fourth-order valence-electron chi connectivity index (χ4n) is 1.97. The van der Waals surface area contributed by atoms with Gasteiger partial charge < -0.3 is 24.4 Å². The van der Waals surface area contributed by atoms with Gasteiger partial charge in [0.1, 0.15) is 5.76 Å². The van der Waals surface area contributed by atoms with Crippen molar-refractivity contribution in [1.29, 1.82) is 0 Å². The molecule has 2 rings (SSSR count). The van der Waals surface area contributed by atoms with E-state index in [9.17, 15) is 9.90 Å². The van der Waals surface area contributed by atoms with Crippen molar-refractivity contribution in [3.05, 3.63) is 11.8 Å². The van der Waals surface area contributed by atoms with Gasteiger partial charge in [-0.25, -0.2) is 0 Å². The van der Waals surface area contributed by atoms with E-state index in [4.69, 9.17) is 14.0 Å². The Morgan fingerprint density at radius 2 is 2.32 bits per heavy atom. The average Bonchev–Trinajstić information content (AvgIpc) is 2.83. The molecule has 1 saturated heterocycles. The summed E-state index contributed by atoms with van der Waals surface area (Å²) < 4.78 is 15.2. The monoisotopic (exact) mass is 270 g/mol. The van der Waals surface area contributed by atoms with Crippen LogP contribution in [0.2, 0.25) is 0 Å². The van der Waals surface area contributed by atoms with E-state index >= 15 is 0 Å². The van der Waals surface area contributed by atoms with Gasteiger partial charge in [-0.2, -0.15) is 0 Å². The molecule has 106 valence electrons. The van der Waals surface area contributed by atoms with Crippen molar-refractivity contribution >= 4 is 5.91 Å². The number of aryl methyl sites for hydroxylation is 1. The molecule has 2 heterocycles. The van der Waals surface area contributed by atoms with Gasteiger partial charge in [-0.3, -0.25) is 4.79 Å². The lowest BCUT2D eigenvalue weighted by molar-refractivity contribution is -0.127.